The Morgan fingerprint density at radius 3 is 2.71 bits per heavy atom. The summed E-state index contributed by atoms with van der Waals surface area (Å²) in [5.41, 5.74) is 4.86. The van der Waals surface area contributed by atoms with Crippen LogP contribution in [0.25, 0.3) is 11.1 Å². The zero-order valence-electron chi connectivity index (χ0n) is 18.1. The monoisotopic (exact) mass is 414 g/mol. The van der Waals surface area contributed by atoms with E-state index >= 15 is 0 Å². The van der Waals surface area contributed by atoms with Crippen molar-refractivity contribution in [3.05, 3.63) is 78.1 Å². The van der Waals surface area contributed by atoms with Gasteiger partial charge in [-0.05, 0) is 36.0 Å². The molecule has 1 amide bonds. The van der Waals surface area contributed by atoms with E-state index in [1.165, 1.54) is 16.7 Å². The average molecular weight is 415 g/mol. The van der Waals surface area contributed by atoms with Crippen molar-refractivity contribution < 1.29 is 4.79 Å². The van der Waals surface area contributed by atoms with Crippen molar-refractivity contribution >= 4 is 5.91 Å². The molecule has 1 aromatic heterocycles. The summed E-state index contributed by atoms with van der Waals surface area (Å²) in [6, 6.07) is 19.4. The largest absolute Gasteiger partial charge is 0.339 e. The molecular weight excluding hydrogens is 384 g/mol. The van der Waals surface area contributed by atoms with Crippen LogP contribution in [0.1, 0.15) is 29.9 Å². The highest BCUT2D eigenvalue weighted by Gasteiger charge is 2.40. The standard InChI is InChI=1S/C26H30N4O/c1-29-18-20(15-28-29)22-11-5-6-12-23(22)24-16-27-17-25(24)26(31)30-13-7-10-21(30)14-19-8-3-2-4-9-19/h2-6,8-9,11-12,15,18,21,24-25,27H,7,10,13-14,16-17H2,1H3/t21?,24-,25+/m0/s1. The number of aryl methyl sites for hydroxylation is 1. The summed E-state index contributed by atoms with van der Waals surface area (Å²) >= 11 is 0. The molecule has 2 aliphatic rings. The number of aromatic nitrogens is 2. The van der Waals surface area contributed by atoms with Gasteiger partial charge in [0, 0.05) is 50.4 Å². The molecule has 5 nitrogen and oxygen atoms in total. The van der Waals surface area contributed by atoms with Gasteiger partial charge in [0.2, 0.25) is 5.91 Å². The number of hydrogen-bond donors (Lipinski definition) is 1. The van der Waals surface area contributed by atoms with Crippen LogP contribution in [0.4, 0.5) is 0 Å². The van der Waals surface area contributed by atoms with Crippen LogP contribution in [0.2, 0.25) is 0 Å². The van der Waals surface area contributed by atoms with Crippen molar-refractivity contribution in [1.82, 2.24) is 20.0 Å². The summed E-state index contributed by atoms with van der Waals surface area (Å²) in [5, 5.41) is 7.86. The lowest BCUT2D eigenvalue weighted by Crippen LogP contribution is -2.42. The second kappa shape index (κ2) is 8.67. The molecule has 0 saturated carbocycles. The van der Waals surface area contributed by atoms with Gasteiger partial charge in [-0.1, -0.05) is 54.6 Å². The molecule has 3 atom stereocenters. The van der Waals surface area contributed by atoms with E-state index in [9.17, 15) is 4.79 Å². The van der Waals surface area contributed by atoms with E-state index in [1.54, 1.807) is 0 Å². The van der Waals surface area contributed by atoms with Gasteiger partial charge in [0.1, 0.15) is 0 Å². The highest BCUT2D eigenvalue weighted by atomic mass is 16.2. The number of amides is 1. The van der Waals surface area contributed by atoms with E-state index in [1.807, 2.05) is 17.9 Å². The van der Waals surface area contributed by atoms with Gasteiger partial charge < -0.3 is 10.2 Å². The van der Waals surface area contributed by atoms with Gasteiger partial charge in [0.25, 0.3) is 0 Å². The van der Waals surface area contributed by atoms with Gasteiger partial charge in [-0.25, -0.2) is 0 Å². The quantitative estimate of drug-likeness (QED) is 0.694. The molecule has 0 radical (unpaired) electrons. The Morgan fingerprint density at radius 1 is 1.10 bits per heavy atom. The third kappa shape index (κ3) is 4.02. The lowest BCUT2D eigenvalue weighted by Gasteiger charge is -2.30. The minimum absolute atomic E-state index is 0.0193. The van der Waals surface area contributed by atoms with Crippen LogP contribution in [-0.4, -0.2) is 46.3 Å². The van der Waals surface area contributed by atoms with E-state index in [0.717, 1.165) is 44.5 Å². The number of benzene rings is 2. The maximum atomic E-state index is 13.8. The van der Waals surface area contributed by atoms with Gasteiger partial charge >= 0.3 is 0 Å². The van der Waals surface area contributed by atoms with Gasteiger partial charge in [-0.3, -0.25) is 9.48 Å². The van der Waals surface area contributed by atoms with Crippen LogP contribution < -0.4 is 5.32 Å². The maximum Gasteiger partial charge on any atom is 0.227 e. The maximum absolute atomic E-state index is 13.8. The number of nitrogens with zero attached hydrogens (tertiary/aromatic N) is 3. The van der Waals surface area contributed by atoms with Crippen molar-refractivity contribution in [2.45, 2.75) is 31.2 Å². The number of carbonyl (C=O) groups is 1. The topological polar surface area (TPSA) is 50.2 Å². The van der Waals surface area contributed by atoms with Crippen LogP contribution >= 0.6 is 0 Å². The Bertz CT molecular complexity index is 1040. The Kier molecular flexibility index (Phi) is 5.60. The Balaban J connectivity index is 1.39. The highest BCUT2D eigenvalue weighted by Crippen LogP contribution is 2.37. The van der Waals surface area contributed by atoms with E-state index < -0.39 is 0 Å². The molecule has 2 aliphatic heterocycles. The number of likely N-dealkylation sites (tertiary alicyclic amines) is 1. The predicted octanol–water partition coefficient (Wildman–Crippen LogP) is 3.62. The first kappa shape index (κ1) is 20.0. The molecule has 0 aliphatic carbocycles. The van der Waals surface area contributed by atoms with Crippen molar-refractivity contribution in [1.29, 1.82) is 0 Å². The highest BCUT2D eigenvalue weighted by molar-refractivity contribution is 5.82. The third-order valence-electron chi connectivity index (χ3n) is 6.88. The molecule has 5 rings (SSSR count). The van der Waals surface area contributed by atoms with E-state index in [0.29, 0.717) is 11.9 Å². The van der Waals surface area contributed by atoms with Crippen molar-refractivity contribution in [2.75, 3.05) is 19.6 Å². The van der Waals surface area contributed by atoms with Crippen LogP contribution in [0.5, 0.6) is 0 Å². The summed E-state index contributed by atoms with van der Waals surface area (Å²) in [6.45, 7) is 2.47. The fourth-order valence-electron chi connectivity index (χ4n) is 5.35. The first-order chi connectivity index (χ1) is 15.2. The average Bonchev–Trinajstić information content (AvgIpc) is 3.55. The SMILES string of the molecule is Cn1cc(-c2ccccc2[C@@H]2CNC[C@H]2C(=O)N2CCCC2Cc2ccccc2)cn1. The number of carbonyl (C=O) groups excluding carboxylic acids is 1. The second-order valence-corrected chi connectivity index (χ2v) is 8.88. The summed E-state index contributed by atoms with van der Waals surface area (Å²) in [6.07, 6.45) is 7.10. The zero-order valence-corrected chi connectivity index (χ0v) is 18.1. The van der Waals surface area contributed by atoms with Crippen molar-refractivity contribution in [2.24, 2.45) is 13.0 Å². The fourth-order valence-corrected chi connectivity index (χ4v) is 5.35. The van der Waals surface area contributed by atoms with Gasteiger partial charge in [0.15, 0.2) is 0 Å². The smallest absolute Gasteiger partial charge is 0.227 e. The molecule has 31 heavy (non-hydrogen) atoms. The van der Waals surface area contributed by atoms with Gasteiger partial charge in [0.05, 0.1) is 12.1 Å². The summed E-state index contributed by atoms with van der Waals surface area (Å²) in [4.78, 5) is 15.9. The number of rotatable bonds is 5. The lowest BCUT2D eigenvalue weighted by molar-refractivity contribution is -0.136. The first-order valence-corrected chi connectivity index (χ1v) is 11.3. The van der Waals surface area contributed by atoms with Crippen molar-refractivity contribution in [3.63, 3.8) is 0 Å². The van der Waals surface area contributed by atoms with Crippen molar-refractivity contribution in [3.8, 4) is 11.1 Å². The van der Waals surface area contributed by atoms with Crippen LogP contribution in [0, 0.1) is 5.92 Å². The number of nitrogens with one attached hydrogen (secondary N) is 1. The van der Waals surface area contributed by atoms with Crippen LogP contribution in [0.3, 0.4) is 0 Å². The Labute approximate surface area is 184 Å². The normalized spacial score (nSPS) is 23.4. The fraction of sp³-hybridized carbons (Fsp3) is 0.385. The minimum Gasteiger partial charge on any atom is -0.339 e. The lowest BCUT2D eigenvalue weighted by atomic mass is 9.84. The predicted molar refractivity (Wildman–Crippen MR) is 123 cm³/mol. The molecule has 3 heterocycles. The summed E-state index contributed by atoms with van der Waals surface area (Å²) < 4.78 is 1.83. The van der Waals surface area contributed by atoms with Crippen LogP contribution in [0.15, 0.2) is 67.0 Å². The number of hydrogen-bond acceptors (Lipinski definition) is 3. The third-order valence-corrected chi connectivity index (χ3v) is 6.88. The molecule has 2 fully saturated rings. The molecule has 2 saturated heterocycles. The molecule has 1 unspecified atom stereocenters. The molecule has 0 spiro atoms. The molecule has 2 aromatic carbocycles. The first-order valence-electron chi connectivity index (χ1n) is 11.3. The minimum atomic E-state index is -0.0193. The van der Waals surface area contributed by atoms with E-state index in [4.69, 9.17) is 0 Å². The molecule has 3 aromatic rings. The molecule has 5 heteroatoms. The molecular formula is C26H30N4O. The summed E-state index contributed by atoms with van der Waals surface area (Å²) in [7, 11) is 1.94. The van der Waals surface area contributed by atoms with E-state index in [2.05, 4.69) is 76.1 Å². The van der Waals surface area contributed by atoms with Crippen LogP contribution in [-0.2, 0) is 18.3 Å². The van der Waals surface area contributed by atoms with Gasteiger partial charge in [-0.15, -0.1) is 0 Å². The van der Waals surface area contributed by atoms with E-state index in [-0.39, 0.29) is 11.8 Å². The Morgan fingerprint density at radius 2 is 1.90 bits per heavy atom. The molecule has 1 N–H and O–H groups in total. The molecule has 160 valence electrons. The zero-order chi connectivity index (χ0) is 21.2. The summed E-state index contributed by atoms with van der Waals surface area (Å²) in [5.74, 6) is 0.477. The van der Waals surface area contributed by atoms with Gasteiger partial charge in [-0.2, -0.15) is 5.10 Å². The second-order valence-electron chi connectivity index (χ2n) is 8.88. The Hall–Kier alpha value is -2.92. The molecule has 0 bridgehead atoms.